The summed E-state index contributed by atoms with van der Waals surface area (Å²) in [6.07, 6.45) is -4.92. The molecule has 0 spiro atoms. The molecule has 0 aliphatic carbocycles. The molecule has 1 amide bonds. The number of amides is 1. The summed E-state index contributed by atoms with van der Waals surface area (Å²) >= 11 is 0. The minimum atomic E-state index is -4.92. The summed E-state index contributed by atoms with van der Waals surface area (Å²) in [5.74, 6) is -1.29. The first-order chi connectivity index (χ1) is 9.59. The average molecular weight is 341 g/mol. The van der Waals surface area contributed by atoms with E-state index in [1.165, 1.54) is 25.1 Å². The van der Waals surface area contributed by atoms with Crippen LogP contribution >= 0.6 is 12.4 Å². The van der Waals surface area contributed by atoms with Crippen LogP contribution in [0.1, 0.15) is 19.4 Å². The van der Waals surface area contributed by atoms with Gasteiger partial charge in [0.05, 0.1) is 6.54 Å². The molecule has 0 bridgehead atoms. The number of nitrogens with two attached hydrogens (primary N) is 1. The zero-order valence-corrected chi connectivity index (χ0v) is 13.0. The number of aliphatic hydroxyl groups is 1. The van der Waals surface area contributed by atoms with E-state index in [1.807, 2.05) is 0 Å². The molecule has 22 heavy (non-hydrogen) atoms. The van der Waals surface area contributed by atoms with Crippen molar-refractivity contribution in [3.05, 3.63) is 35.9 Å². The van der Waals surface area contributed by atoms with E-state index < -0.39 is 36.2 Å². The molecular formula is C14H20ClF3N2O2. The smallest absolute Gasteiger partial charge is 0.375 e. The second-order valence-electron chi connectivity index (χ2n) is 5.09. The molecule has 0 aromatic heterocycles. The van der Waals surface area contributed by atoms with E-state index in [0.29, 0.717) is 0 Å². The van der Waals surface area contributed by atoms with Crippen molar-refractivity contribution in [3.8, 4) is 0 Å². The van der Waals surface area contributed by atoms with Crippen LogP contribution in [0, 0.1) is 5.92 Å². The van der Waals surface area contributed by atoms with Gasteiger partial charge in [-0.25, -0.2) is 0 Å². The second-order valence-corrected chi connectivity index (χ2v) is 5.09. The summed E-state index contributed by atoms with van der Waals surface area (Å²) in [5.41, 5.74) is 2.06. The van der Waals surface area contributed by atoms with Crippen LogP contribution in [0.25, 0.3) is 0 Å². The molecule has 126 valence electrons. The molecule has 3 atom stereocenters. The van der Waals surface area contributed by atoms with Gasteiger partial charge in [-0.3, -0.25) is 4.79 Å². The Morgan fingerprint density at radius 2 is 1.77 bits per heavy atom. The molecular weight excluding hydrogens is 321 g/mol. The van der Waals surface area contributed by atoms with E-state index in [-0.39, 0.29) is 18.0 Å². The van der Waals surface area contributed by atoms with Crippen LogP contribution in [0.5, 0.6) is 0 Å². The quantitative estimate of drug-likeness (QED) is 0.767. The van der Waals surface area contributed by atoms with Gasteiger partial charge in [-0.15, -0.1) is 12.4 Å². The van der Waals surface area contributed by atoms with Gasteiger partial charge in [0.25, 0.3) is 0 Å². The van der Waals surface area contributed by atoms with Crippen LogP contribution in [0.4, 0.5) is 13.2 Å². The standard InChI is InChI=1S/C14H19F3N2O2.ClH/c1-9(10(2)18)12(20)19-8-13(21,14(15,16)17)11-6-4-3-5-7-11;/h3-7,9-10,21H,8,18H2,1-2H3,(H,19,20);1H. The fourth-order valence-corrected chi connectivity index (χ4v) is 1.69. The molecule has 0 saturated heterocycles. The second kappa shape index (κ2) is 7.80. The number of benzene rings is 1. The van der Waals surface area contributed by atoms with Crippen molar-refractivity contribution in [1.82, 2.24) is 5.32 Å². The molecule has 0 saturated carbocycles. The molecule has 0 radical (unpaired) electrons. The van der Waals surface area contributed by atoms with Crippen molar-refractivity contribution in [2.45, 2.75) is 31.7 Å². The number of hydrogen-bond acceptors (Lipinski definition) is 3. The van der Waals surface area contributed by atoms with E-state index in [0.717, 1.165) is 12.1 Å². The monoisotopic (exact) mass is 340 g/mol. The molecule has 8 heteroatoms. The average Bonchev–Trinajstić information content (AvgIpc) is 2.43. The highest BCUT2D eigenvalue weighted by atomic mass is 35.5. The lowest BCUT2D eigenvalue weighted by atomic mass is 9.92. The molecule has 3 unspecified atom stereocenters. The summed E-state index contributed by atoms with van der Waals surface area (Å²) in [6, 6.07) is 6.14. The Morgan fingerprint density at radius 1 is 1.27 bits per heavy atom. The van der Waals surface area contributed by atoms with Crippen molar-refractivity contribution in [2.24, 2.45) is 11.7 Å². The number of halogens is 4. The van der Waals surface area contributed by atoms with E-state index in [4.69, 9.17) is 5.73 Å². The number of carbonyl (C=O) groups is 1. The summed E-state index contributed by atoms with van der Waals surface area (Å²) in [6.45, 7) is 2.13. The minimum absolute atomic E-state index is 0. The molecule has 0 heterocycles. The van der Waals surface area contributed by atoms with Crippen LogP contribution in [0.15, 0.2) is 30.3 Å². The highest BCUT2D eigenvalue weighted by Gasteiger charge is 2.55. The Balaban J connectivity index is 0.00000441. The lowest BCUT2D eigenvalue weighted by Crippen LogP contribution is -2.52. The third kappa shape index (κ3) is 4.59. The lowest BCUT2D eigenvalue weighted by Gasteiger charge is -2.31. The Bertz CT molecular complexity index is 483. The van der Waals surface area contributed by atoms with E-state index in [1.54, 1.807) is 6.92 Å². The van der Waals surface area contributed by atoms with Crippen LogP contribution in [-0.4, -0.2) is 29.8 Å². The molecule has 0 aliphatic rings. The Kier molecular flexibility index (Phi) is 7.34. The fraction of sp³-hybridized carbons (Fsp3) is 0.500. The molecule has 0 fully saturated rings. The molecule has 0 aliphatic heterocycles. The van der Waals surface area contributed by atoms with Gasteiger partial charge in [0.1, 0.15) is 0 Å². The number of hydrogen-bond donors (Lipinski definition) is 3. The van der Waals surface area contributed by atoms with Crippen LogP contribution < -0.4 is 11.1 Å². The normalized spacial score (nSPS) is 16.9. The predicted octanol–water partition coefficient (Wildman–Crippen LogP) is 1.96. The zero-order valence-electron chi connectivity index (χ0n) is 12.2. The van der Waals surface area contributed by atoms with Gasteiger partial charge in [-0.2, -0.15) is 13.2 Å². The molecule has 4 N–H and O–H groups in total. The van der Waals surface area contributed by atoms with Crippen molar-refractivity contribution >= 4 is 18.3 Å². The first-order valence-electron chi connectivity index (χ1n) is 6.47. The third-order valence-electron chi connectivity index (χ3n) is 3.44. The SMILES string of the molecule is CC(N)C(C)C(=O)NCC(O)(c1ccccc1)C(F)(F)F.Cl. The maximum Gasteiger partial charge on any atom is 0.423 e. The maximum absolute atomic E-state index is 13.2. The highest BCUT2D eigenvalue weighted by molar-refractivity contribution is 5.85. The van der Waals surface area contributed by atoms with Gasteiger partial charge >= 0.3 is 6.18 Å². The van der Waals surface area contributed by atoms with Crippen molar-refractivity contribution in [1.29, 1.82) is 0 Å². The largest absolute Gasteiger partial charge is 0.423 e. The summed E-state index contributed by atoms with van der Waals surface area (Å²) in [4.78, 5) is 11.7. The molecule has 4 nitrogen and oxygen atoms in total. The van der Waals surface area contributed by atoms with Crippen LogP contribution in [0.2, 0.25) is 0 Å². The van der Waals surface area contributed by atoms with Gasteiger partial charge in [-0.1, -0.05) is 37.3 Å². The van der Waals surface area contributed by atoms with Gasteiger partial charge in [0, 0.05) is 12.0 Å². The van der Waals surface area contributed by atoms with E-state index >= 15 is 0 Å². The summed E-state index contributed by atoms with van der Waals surface area (Å²) in [5, 5.41) is 12.1. The number of rotatable bonds is 5. The van der Waals surface area contributed by atoms with Crippen molar-refractivity contribution < 1.29 is 23.1 Å². The topological polar surface area (TPSA) is 75.4 Å². The Labute approximate surface area is 133 Å². The first kappa shape index (κ1) is 20.7. The lowest BCUT2D eigenvalue weighted by molar-refractivity contribution is -0.264. The minimum Gasteiger partial charge on any atom is -0.375 e. The van der Waals surface area contributed by atoms with E-state index in [9.17, 15) is 23.1 Å². The highest BCUT2D eigenvalue weighted by Crippen LogP contribution is 2.38. The number of carbonyl (C=O) groups excluding carboxylic acids is 1. The number of nitrogens with one attached hydrogen (secondary N) is 1. The fourth-order valence-electron chi connectivity index (χ4n) is 1.69. The molecule has 1 rings (SSSR count). The third-order valence-corrected chi connectivity index (χ3v) is 3.44. The van der Waals surface area contributed by atoms with Gasteiger partial charge in [0.2, 0.25) is 11.5 Å². The molecule has 1 aromatic carbocycles. The van der Waals surface area contributed by atoms with Crippen LogP contribution in [-0.2, 0) is 10.4 Å². The summed E-state index contributed by atoms with van der Waals surface area (Å²) in [7, 11) is 0. The first-order valence-corrected chi connectivity index (χ1v) is 6.47. The zero-order chi connectivity index (χ0) is 16.3. The van der Waals surface area contributed by atoms with Gasteiger partial charge in [0.15, 0.2) is 0 Å². The van der Waals surface area contributed by atoms with E-state index in [2.05, 4.69) is 5.32 Å². The van der Waals surface area contributed by atoms with Gasteiger partial charge in [-0.05, 0) is 12.5 Å². The van der Waals surface area contributed by atoms with Crippen LogP contribution in [0.3, 0.4) is 0 Å². The predicted molar refractivity (Wildman–Crippen MR) is 79.5 cm³/mol. The van der Waals surface area contributed by atoms with Crippen molar-refractivity contribution in [3.63, 3.8) is 0 Å². The Hall–Kier alpha value is -1.31. The number of alkyl halides is 3. The Morgan fingerprint density at radius 3 is 2.18 bits per heavy atom. The maximum atomic E-state index is 13.2. The summed E-state index contributed by atoms with van der Waals surface area (Å²) < 4.78 is 39.5. The van der Waals surface area contributed by atoms with Gasteiger partial charge < -0.3 is 16.2 Å². The van der Waals surface area contributed by atoms with Crippen molar-refractivity contribution in [2.75, 3.05) is 6.54 Å². The molecule has 1 aromatic rings.